The Labute approximate surface area is 160 Å². The fourth-order valence-electron chi connectivity index (χ4n) is 3.99. The summed E-state index contributed by atoms with van der Waals surface area (Å²) >= 11 is 0. The lowest BCUT2D eigenvalue weighted by Crippen LogP contribution is -2.47. The second-order valence-corrected chi connectivity index (χ2v) is 7.55. The van der Waals surface area contributed by atoms with Crippen LogP contribution in [0.1, 0.15) is 41.4 Å². The summed E-state index contributed by atoms with van der Waals surface area (Å²) in [5, 5.41) is 2.76. The number of rotatable bonds is 2. The SMILES string of the molecule is C[C@H]1CCN1c1nc(-c2ccc3c(c2)OCCNC3=O)c2c(n1)C(F)(F)CC2. The molecule has 0 unspecified atom stereocenters. The van der Waals surface area contributed by atoms with Gasteiger partial charge in [0.25, 0.3) is 11.8 Å². The van der Waals surface area contributed by atoms with Crippen molar-refractivity contribution in [2.24, 2.45) is 0 Å². The van der Waals surface area contributed by atoms with Gasteiger partial charge in [-0.15, -0.1) is 0 Å². The number of amides is 1. The Kier molecular flexibility index (Phi) is 3.79. The van der Waals surface area contributed by atoms with Gasteiger partial charge >= 0.3 is 0 Å². The number of anilines is 1. The average molecular weight is 386 g/mol. The van der Waals surface area contributed by atoms with Gasteiger partial charge in [-0.25, -0.2) is 9.97 Å². The molecule has 1 saturated heterocycles. The van der Waals surface area contributed by atoms with E-state index in [1.165, 1.54) is 0 Å². The Morgan fingerprint density at radius 2 is 2.18 bits per heavy atom. The first-order valence-corrected chi connectivity index (χ1v) is 9.55. The topological polar surface area (TPSA) is 67.3 Å². The first kappa shape index (κ1) is 17.3. The molecule has 1 amide bonds. The molecule has 5 rings (SSSR count). The number of carbonyl (C=O) groups excluding carboxylic acids is 1. The number of ether oxygens (including phenoxy) is 1. The summed E-state index contributed by atoms with van der Waals surface area (Å²) in [7, 11) is 0. The standard InChI is InChI=1S/C20H20F2N4O2/c1-11-5-8-26(11)19-24-16(14-4-6-20(21,22)17(14)25-19)12-2-3-13-15(10-12)28-9-7-23-18(13)27/h2-3,10-11H,4-9H2,1H3,(H,23,27)/t11-/m0/s1. The van der Waals surface area contributed by atoms with Crippen LogP contribution in [0.2, 0.25) is 0 Å². The van der Waals surface area contributed by atoms with Crippen molar-refractivity contribution < 1.29 is 18.3 Å². The molecule has 2 aromatic rings. The average Bonchev–Trinajstić information content (AvgIpc) is 2.85. The highest BCUT2D eigenvalue weighted by Gasteiger charge is 2.44. The highest BCUT2D eigenvalue weighted by molar-refractivity contribution is 5.98. The number of nitrogens with one attached hydrogen (secondary N) is 1. The predicted molar refractivity (Wildman–Crippen MR) is 98.9 cm³/mol. The van der Waals surface area contributed by atoms with Gasteiger partial charge in [0.2, 0.25) is 5.95 Å². The van der Waals surface area contributed by atoms with E-state index in [1.54, 1.807) is 18.2 Å². The number of carbonyl (C=O) groups is 1. The first-order chi connectivity index (χ1) is 13.4. The smallest absolute Gasteiger partial charge is 0.290 e. The fourth-order valence-corrected chi connectivity index (χ4v) is 3.99. The van der Waals surface area contributed by atoms with Crippen molar-refractivity contribution in [2.45, 2.75) is 38.2 Å². The second kappa shape index (κ2) is 6.12. The molecule has 0 spiro atoms. The number of aromatic nitrogens is 2. The minimum atomic E-state index is -2.95. The number of hydrogen-bond donors (Lipinski definition) is 1. The minimum Gasteiger partial charge on any atom is -0.491 e. The molecule has 28 heavy (non-hydrogen) atoms. The van der Waals surface area contributed by atoms with Crippen molar-refractivity contribution in [3.63, 3.8) is 0 Å². The van der Waals surface area contributed by atoms with Gasteiger partial charge in [-0.2, -0.15) is 8.78 Å². The number of fused-ring (bicyclic) bond motifs is 2. The van der Waals surface area contributed by atoms with E-state index >= 15 is 0 Å². The first-order valence-electron chi connectivity index (χ1n) is 9.55. The lowest BCUT2D eigenvalue weighted by molar-refractivity contribution is -0.00595. The van der Waals surface area contributed by atoms with Crippen molar-refractivity contribution in [3.05, 3.63) is 35.0 Å². The zero-order valence-electron chi connectivity index (χ0n) is 15.5. The normalized spacial score (nSPS) is 22.5. The summed E-state index contributed by atoms with van der Waals surface area (Å²) in [6.07, 6.45) is 0.965. The van der Waals surface area contributed by atoms with Crippen LogP contribution in [0.3, 0.4) is 0 Å². The Morgan fingerprint density at radius 3 is 2.93 bits per heavy atom. The summed E-state index contributed by atoms with van der Waals surface area (Å²) in [6, 6.07) is 5.37. The Morgan fingerprint density at radius 1 is 1.32 bits per heavy atom. The van der Waals surface area contributed by atoms with E-state index in [0.29, 0.717) is 47.2 Å². The van der Waals surface area contributed by atoms with E-state index in [0.717, 1.165) is 13.0 Å². The molecular weight excluding hydrogens is 366 g/mol. The number of benzene rings is 1. The van der Waals surface area contributed by atoms with Crippen LogP contribution in [0.5, 0.6) is 5.75 Å². The maximum absolute atomic E-state index is 14.5. The second-order valence-electron chi connectivity index (χ2n) is 7.55. The molecule has 1 aliphatic carbocycles. The number of alkyl halides is 2. The van der Waals surface area contributed by atoms with E-state index in [9.17, 15) is 13.6 Å². The quantitative estimate of drug-likeness (QED) is 0.860. The van der Waals surface area contributed by atoms with E-state index in [4.69, 9.17) is 4.74 Å². The summed E-state index contributed by atoms with van der Waals surface area (Å²) in [4.78, 5) is 23.0. The van der Waals surface area contributed by atoms with Gasteiger partial charge in [0.05, 0.1) is 17.8 Å². The zero-order chi connectivity index (χ0) is 19.5. The third kappa shape index (κ3) is 2.62. The third-order valence-electron chi connectivity index (χ3n) is 5.75. The van der Waals surface area contributed by atoms with Crippen molar-refractivity contribution >= 4 is 11.9 Å². The van der Waals surface area contributed by atoms with Crippen LogP contribution in [-0.2, 0) is 12.3 Å². The van der Waals surface area contributed by atoms with Crippen molar-refractivity contribution in [1.82, 2.24) is 15.3 Å². The monoisotopic (exact) mass is 386 g/mol. The van der Waals surface area contributed by atoms with E-state index in [1.807, 2.05) is 11.8 Å². The molecule has 0 radical (unpaired) electrons. The Balaban J connectivity index is 1.66. The molecule has 146 valence electrons. The summed E-state index contributed by atoms with van der Waals surface area (Å²) in [5.74, 6) is -2.35. The molecule has 1 atom stereocenters. The van der Waals surface area contributed by atoms with Crippen molar-refractivity contribution in [2.75, 3.05) is 24.6 Å². The minimum absolute atomic E-state index is 0.166. The highest BCUT2D eigenvalue weighted by atomic mass is 19.3. The van der Waals surface area contributed by atoms with Crippen LogP contribution in [0.4, 0.5) is 14.7 Å². The molecule has 3 aliphatic rings. The highest BCUT2D eigenvalue weighted by Crippen LogP contribution is 2.45. The lowest BCUT2D eigenvalue weighted by Gasteiger charge is -2.39. The van der Waals surface area contributed by atoms with Crippen molar-refractivity contribution in [3.8, 4) is 17.0 Å². The fraction of sp³-hybridized carbons (Fsp3) is 0.450. The molecule has 1 aromatic carbocycles. The molecule has 1 aromatic heterocycles. The van der Waals surface area contributed by atoms with E-state index in [-0.39, 0.29) is 30.5 Å². The third-order valence-corrected chi connectivity index (χ3v) is 5.75. The molecule has 2 aliphatic heterocycles. The van der Waals surface area contributed by atoms with E-state index < -0.39 is 5.92 Å². The number of hydrogen-bond acceptors (Lipinski definition) is 5. The molecule has 3 heterocycles. The Hall–Kier alpha value is -2.77. The van der Waals surface area contributed by atoms with Gasteiger partial charge < -0.3 is 15.0 Å². The molecule has 1 fully saturated rings. The number of halogens is 2. The largest absolute Gasteiger partial charge is 0.491 e. The summed E-state index contributed by atoms with van der Waals surface area (Å²) in [5.41, 5.74) is 1.93. The predicted octanol–water partition coefficient (Wildman–Crippen LogP) is 2.90. The maximum atomic E-state index is 14.5. The maximum Gasteiger partial charge on any atom is 0.290 e. The summed E-state index contributed by atoms with van der Waals surface area (Å²) < 4.78 is 34.7. The van der Waals surface area contributed by atoms with Crippen LogP contribution >= 0.6 is 0 Å². The van der Waals surface area contributed by atoms with Crippen LogP contribution in [0.15, 0.2) is 18.2 Å². The van der Waals surface area contributed by atoms with Crippen LogP contribution in [-0.4, -0.2) is 41.6 Å². The van der Waals surface area contributed by atoms with Gasteiger partial charge in [-0.05, 0) is 31.9 Å². The lowest BCUT2D eigenvalue weighted by atomic mass is 10.0. The molecule has 0 bridgehead atoms. The van der Waals surface area contributed by atoms with Crippen LogP contribution in [0, 0.1) is 0 Å². The number of nitrogens with zero attached hydrogens (tertiary/aromatic N) is 3. The molecule has 8 heteroatoms. The van der Waals surface area contributed by atoms with Crippen LogP contribution < -0.4 is 15.0 Å². The van der Waals surface area contributed by atoms with Gasteiger partial charge in [-0.1, -0.05) is 6.07 Å². The molecule has 1 N–H and O–H groups in total. The van der Waals surface area contributed by atoms with Crippen molar-refractivity contribution in [1.29, 1.82) is 0 Å². The van der Waals surface area contributed by atoms with Gasteiger partial charge in [0.15, 0.2) is 0 Å². The molecular formula is C20H20F2N4O2. The molecule has 6 nitrogen and oxygen atoms in total. The van der Waals surface area contributed by atoms with Gasteiger partial charge in [0.1, 0.15) is 18.1 Å². The zero-order valence-corrected chi connectivity index (χ0v) is 15.5. The van der Waals surface area contributed by atoms with E-state index in [2.05, 4.69) is 15.3 Å². The van der Waals surface area contributed by atoms with Gasteiger partial charge in [0, 0.05) is 30.1 Å². The van der Waals surface area contributed by atoms with Gasteiger partial charge in [-0.3, -0.25) is 4.79 Å². The Bertz CT molecular complexity index is 979. The van der Waals surface area contributed by atoms with Crippen LogP contribution in [0.25, 0.3) is 11.3 Å². The summed E-state index contributed by atoms with van der Waals surface area (Å²) in [6.45, 7) is 3.58. The molecule has 0 saturated carbocycles.